The van der Waals surface area contributed by atoms with Crippen LogP contribution in [-0.2, 0) is 14.3 Å². The molecule has 1 aromatic heterocycles. The van der Waals surface area contributed by atoms with Crippen molar-refractivity contribution in [2.75, 3.05) is 5.32 Å². The van der Waals surface area contributed by atoms with Crippen molar-refractivity contribution in [1.29, 1.82) is 0 Å². The third kappa shape index (κ3) is 4.41. The van der Waals surface area contributed by atoms with Gasteiger partial charge in [0.25, 0.3) is 5.91 Å². The van der Waals surface area contributed by atoms with Crippen LogP contribution >= 0.6 is 0 Å². The second-order valence-electron chi connectivity index (χ2n) is 7.36. The maximum Gasteiger partial charge on any atom is 0.303 e. The van der Waals surface area contributed by atoms with E-state index in [1.807, 2.05) is 42.5 Å². The number of benzene rings is 3. The Labute approximate surface area is 184 Å². The number of fused-ring (bicyclic) bond motifs is 1. The van der Waals surface area contributed by atoms with Gasteiger partial charge in [-0.3, -0.25) is 19.5 Å². The lowest BCUT2D eigenvalue weighted by Crippen LogP contribution is -2.25. The molecule has 0 saturated heterocycles. The number of carbonyl (C=O) groups excluding carboxylic acids is 3. The Balaban J connectivity index is 1.61. The topological polar surface area (TPSA) is 101 Å². The molecule has 0 bridgehead atoms. The molecule has 3 aromatic carbocycles. The normalized spacial score (nSPS) is 11.7. The number of hydrogen-bond acceptors (Lipinski definition) is 5. The van der Waals surface area contributed by atoms with Gasteiger partial charge in [-0.25, -0.2) is 0 Å². The van der Waals surface area contributed by atoms with E-state index in [0.29, 0.717) is 22.3 Å². The maximum absolute atomic E-state index is 12.9. The van der Waals surface area contributed by atoms with Crippen molar-refractivity contribution in [3.63, 3.8) is 0 Å². The molecule has 0 spiro atoms. The second kappa shape index (κ2) is 8.85. The number of anilines is 1. The number of nitrogens with one attached hydrogen (secondary N) is 2. The van der Waals surface area contributed by atoms with Crippen molar-refractivity contribution in [3.05, 3.63) is 83.9 Å². The van der Waals surface area contributed by atoms with Crippen LogP contribution in [0, 0.1) is 0 Å². The van der Waals surface area contributed by atoms with E-state index in [2.05, 4.69) is 15.5 Å². The van der Waals surface area contributed by atoms with Gasteiger partial charge in [-0.1, -0.05) is 54.6 Å². The summed E-state index contributed by atoms with van der Waals surface area (Å²) in [5, 5.41) is 10.6. The van der Waals surface area contributed by atoms with Crippen LogP contribution < -0.4 is 5.32 Å². The molecule has 4 aromatic rings. The first kappa shape index (κ1) is 21.0. The molecule has 0 aliphatic rings. The van der Waals surface area contributed by atoms with Crippen LogP contribution in [0.4, 0.5) is 5.82 Å². The summed E-state index contributed by atoms with van der Waals surface area (Å²) in [5.74, 6) is -0.723. The first-order valence-electron chi connectivity index (χ1n) is 10.0. The molecule has 0 saturated carbocycles. The largest absolute Gasteiger partial charge is 0.447 e. The van der Waals surface area contributed by atoms with Gasteiger partial charge in [0.2, 0.25) is 6.10 Å². The summed E-state index contributed by atoms with van der Waals surface area (Å²) >= 11 is 0. The Morgan fingerprint density at radius 2 is 1.66 bits per heavy atom. The summed E-state index contributed by atoms with van der Waals surface area (Å²) in [6.45, 7) is 2.79. The zero-order chi connectivity index (χ0) is 22.7. The van der Waals surface area contributed by atoms with Crippen molar-refractivity contribution in [3.8, 4) is 11.1 Å². The number of nitrogens with zero attached hydrogens (tertiary/aromatic N) is 1. The van der Waals surface area contributed by atoms with E-state index >= 15 is 0 Å². The third-order valence-electron chi connectivity index (χ3n) is 5.03. The first-order valence-corrected chi connectivity index (χ1v) is 10.0. The van der Waals surface area contributed by atoms with Crippen molar-refractivity contribution in [1.82, 2.24) is 10.2 Å². The number of amides is 1. The van der Waals surface area contributed by atoms with Gasteiger partial charge in [0.15, 0.2) is 11.6 Å². The lowest BCUT2D eigenvalue weighted by Gasteiger charge is -2.16. The molecule has 1 unspecified atom stereocenters. The lowest BCUT2D eigenvalue weighted by molar-refractivity contribution is -0.152. The summed E-state index contributed by atoms with van der Waals surface area (Å²) in [5.41, 5.74) is 3.73. The van der Waals surface area contributed by atoms with E-state index in [9.17, 15) is 14.4 Å². The van der Waals surface area contributed by atoms with Crippen LogP contribution in [0.1, 0.15) is 35.9 Å². The number of H-pyrrole nitrogens is 1. The third-order valence-corrected chi connectivity index (χ3v) is 5.03. The predicted octanol–water partition coefficient (Wildman–Crippen LogP) is 4.68. The smallest absolute Gasteiger partial charge is 0.303 e. The number of Topliss-reactive ketones (excluding diaryl/α,β-unsaturated/α-hetero) is 1. The van der Waals surface area contributed by atoms with Gasteiger partial charge in [0, 0.05) is 23.4 Å². The zero-order valence-corrected chi connectivity index (χ0v) is 17.6. The summed E-state index contributed by atoms with van der Waals surface area (Å²) < 4.78 is 5.25. The number of rotatable bonds is 6. The van der Waals surface area contributed by atoms with Gasteiger partial charge < -0.3 is 10.1 Å². The number of aromatic nitrogens is 2. The van der Waals surface area contributed by atoms with E-state index in [1.165, 1.54) is 13.8 Å². The van der Waals surface area contributed by atoms with Crippen LogP contribution in [0.15, 0.2) is 72.8 Å². The Kier molecular flexibility index (Phi) is 5.81. The van der Waals surface area contributed by atoms with E-state index in [0.717, 1.165) is 16.6 Å². The van der Waals surface area contributed by atoms with Crippen LogP contribution in [-0.4, -0.2) is 27.9 Å². The highest BCUT2D eigenvalue weighted by atomic mass is 16.5. The number of ketones is 1. The molecule has 0 fully saturated rings. The highest BCUT2D eigenvalue weighted by Crippen LogP contribution is 2.29. The van der Waals surface area contributed by atoms with Gasteiger partial charge in [0.1, 0.15) is 0 Å². The molecule has 1 heterocycles. The molecule has 2 N–H and O–H groups in total. The first-order chi connectivity index (χ1) is 15.4. The van der Waals surface area contributed by atoms with Crippen molar-refractivity contribution in [2.45, 2.75) is 20.0 Å². The molecule has 1 amide bonds. The van der Waals surface area contributed by atoms with E-state index in [-0.39, 0.29) is 5.78 Å². The minimum atomic E-state index is -1.09. The average Bonchev–Trinajstić information content (AvgIpc) is 3.19. The fourth-order valence-corrected chi connectivity index (χ4v) is 3.46. The SMILES string of the molecule is CC(=O)OC(C(=O)Nc1n[nH]c2cc(-c3cccc(C(C)=O)c3)ccc12)c1ccccc1. The maximum atomic E-state index is 12.9. The van der Waals surface area contributed by atoms with Crippen LogP contribution in [0.2, 0.25) is 0 Å². The predicted molar refractivity (Wildman–Crippen MR) is 121 cm³/mol. The summed E-state index contributed by atoms with van der Waals surface area (Å²) in [6.07, 6.45) is -1.09. The second-order valence-corrected chi connectivity index (χ2v) is 7.36. The molecule has 160 valence electrons. The molecule has 1 atom stereocenters. The molecule has 7 nitrogen and oxygen atoms in total. The van der Waals surface area contributed by atoms with E-state index < -0.39 is 18.0 Å². The summed E-state index contributed by atoms with van der Waals surface area (Å²) in [7, 11) is 0. The van der Waals surface area contributed by atoms with Crippen molar-refractivity contribution >= 4 is 34.4 Å². The van der Waals surface area contributed by atoms with Crippen molar-refractivity contribution < 1.29 is 19.1 Å². The fourth-order valence-electron chi connectivity index (χ4n) is 3.46. The molecule has 0 aliphatic carbocycles. The molecule has 0 aliphatic heterocycles. The van der Waals surface area contributed by atoms with Crippen LogP contribution in [0.3, 0.4) is 0 Å². The number of esters is 1. The molecular weight excluding hydrogens is 406 g/mol. The Hall–Kier alpha value is -4.26. The lowest BCUT2D eigenvalue weighted by atomic mass is 10.0. The summed E-state index contributed by atoms with van der Waals surface area (Å²) in [4.78, 5) is 36.1. The highest BCUT2D eigenvalue weighted by Gasteiger charge is 2.25. The fraction of sp³-hybridized carbons (Fsp3) is 0.120. The Morgan fingerprint density at radius 1 is 0.906 bits per heavy atom. The number of aromatic amines is 1. The Morgan fingerprint density at radius 3 is 2.38 bits per heavy atom. The number of carbonyl (C=O) groups is 3. The monoisotopic (exact) mass is 427 g/mol. The van der Waals surface area contributed by atoms with Crippen LogP contribution in [0.5, 0.6) is 0 Å². The minimum absolute atomic E-state index is 0.000201. The quantitative estimate of drug-likeness (QED) is 0.344. The zero-order valence-electron chi connectivity index (χ0n) is 17.6. The van der Waals surface area contributed by atoms with Gasteiger partial charge in [-0.05, 0) is 36.2 Å². The van der Waals surface area contributed by atoms with Gasteiger partial charge in [-0.15, -0.1) is 0 Å². The minimum Gasteiger partial charge on any atom is -0.447 e. The Bertz CT molecular complexity index is 1310. The average molecular weight is 427 g/mol. The number of hydrogen-bond donors (Lipinski definition) is 2. The molecule has 0 radical (unpaired) electrons. The molecule has 7 heteroatoms. The summed E-state index contributed by atoms with van der Waals surface area (Å²) in [6, 6.07) is 21.8. The van der Waals surface area contributed by atoms with Crippen molar-refractivity contribution in [2.24, 2.45) is 0 Å². The highest BCUT2D eigenvalue weighted by molar-refractivity contribution is 6.03. The van der Waals surface area contributed by atoms with Gasteiger partial charge in [-0.2, -0.15) is 5.10 Å². The molecule has 32 heavy (non-hydrogen) atoms. The van der Waals surface area contributed by atoms with Gasteiger partial charge in [0.05, 0.1) is 5.52 Å². The van der Waals surface area contributed by atoms with E-state index in [4.69, 9.17) is 4.74 Å². The van der Waals surface area contributed by atoms with Gasteiger partial charge >= 0.3 is 5.97 Å². The van der Waals surface area contributed by atoms with E-state index in [1.54, 1.807) is 30.3 Å². The van der Waals surface area contributed by atoms with Crippen LogP contribution in [0.25, 0.3) is 22.0 Å². The number of ether oxygens (including phenoxy) is 1. The molecule has 4 rings (SSSR count). The standard InChI is InChI=1S/C25H21N3O4/c1-15(29)18-9-6-10-19(13-18)20-11-12-21-22(14-20)27-28-24(21)26-25(31)23(32-16(2)30)17-7-4-3-5-8-17/h3-14,23H,1-2H3,(H2,26,27,28,31). The molecular formula is C25H21N3O4.